The average molecular weight is 303 g/mol. The molecule has 3 heterocycles. The van der Waals surface area contributed by atoms with E-state index in [0.717, 1.165) is 24.9 Å². The van der Waals surface area contributed by atoms with Crippen LogP contribution >= 0.6 is 0 Å². The van der Waals surface area contributed by atoms with Crippen molar-refractivity contribution in [1.29, 1.82) is 0 Å². The van der Waals surface area contributed by atoms with Gasteiger partial charge in [-0.15, -0.1) is 0 Å². The van der Waals surface area contributed by atoms with E-state index < -0.39 is 0 Å². The van der Waals surface area contributed by atoms with Gasteiger partial charge in [-0.3, -0.25) is 14.6 Å². The van der Waals surface area contributed by atoms with Gasteiger partial charge >= 0.3 is 0 Å². The fourth-order valence-electron chi connectivity index (χ4n) is 3.60. The molecule has 0 bridgehead atoms. The molecule has 1 spiro atoms. The number of nitrogens with zero attached hydrogens (tertiary/aromatic N) is 3. The number of pyridine rings is 1. The maximum absolute atomic E-state index is 12.5. The predicted molar refractivity (Wildman–Crippen MR) is 81.4 cm³/mol. The van der Waals surface area contributed by atoms with E-state index in [1.807, 2.05) is 17.0 Å². The molecule has 22 heavy (non-hydrogen) atoms. The summed E-state index contributed by atoms with van der Waals surface area (Å²) < 4.78 is 5.00. The fraction of sp³-hybridized carbons (Fsp3) is 0.562. The van der Waals surface area contributed by atoms with E-state index in [9.17, 15) is 9.59 Å². The van der Waals surface area contributed by atoms with Gasteiger partial charge in [-0.05, 0) is 31.4 Å². The van der Waals surface area contributed by atoms with Gasteiger partial charge in [-0.1, -0.05) is 0 Å². The molecule has 0 radical (unpaired) electrons. The van der Waals surface area contributed by atoms with Crippen molar-refractivity contribution < 1.29 is 14.3 Å². The van der Waals surface area contributed by atoms with Crippen LogP contribution in [0, 0.1) is 0 Å². The Morgan fingerprint density at radius 1 is 1.45 bits per heavy atom. The zero-order chi connectivity index (χ0) is 15.6. The van der Waals surface area contributed by atoms with Crippen molar-refractivity contribution in [3.8, 4) is 0 Å². The number of rotatable bonds is 3. The standard InChI is InChI=1S/C16H21N3O3/c1-22-11-15(21)19-8-3-2-6-16(19)9-14(20)18(12-16)13-5-4-7-17-10-13/h4-5,7,10H,2-3,6,8-9,11-12H2,1H3. The monoisotopic (exact) mass is 303 g/mol. The van der Waals surface area contributed by atoms with Gasteiger partial charge in [0.1, 0.15) is 6.61 Å². The van der Waals surface area contributed by atoms with Crippen LogP contribution in [0.3, 0.4) is 0 Å². The summed E-state index contributed by atoms with van der Waals surface area (Å²) in [5.41, 5.74) is 0.412. The summed E-state index contributed by atoms with van der Waals surface area (Å²) in [6.45, 7) is 1.33. The van der Waals surface area contributed by atoms with Crippen LogP contribution in [0.4, 0.5) is 5.69 Å². The summed E-state index contributed by atoms with van der Waals surface area (Å²) in [7, 11) is 1.52. The molecule has 1 aromatic rings. The van der Waals surface area contributed by atoms with Gasteiger partial charge < -0.3 is 14.5 Å². The number of methoxy groups -OCH3 is 1. The number of hydrogen-bond donors (Lipinski definition) is 0. The molecule has 2 saturated heterocycles. The molecule has 2 aliphatic heterocycles. The third-order valence-electron chi connectivity index (χ3n) is 4.61. The second kappa shape index (κ2) is 6.04. The van der Waals surface area contributed by atoms with Crippen LogP contribution in [0.1, 0.15) is 25.7 Å². The first-order valence-electron chi connectivity index (χ1n) is 7.66. The fourth-order valence-corrected chi connectivity index (χ4v) is 3.60. The van der Waals surface area contributed by atoms with Gasteiger partial charge in [0.25, 0.3) is 0 Å². The number of piperidine rings is 1. The van der Waals surface area contributed by atoms with E-state index in [4.69, 9.17) is 4.74 Å². The second-order valence-electron chi connectivity index (χ2n) is 6.03. The Hall–Kier alpha value is -1.95. The Balaban J connectivity index is 1.86. The maximum atomic E-state index is 12.5. The first-order chi connectivity index (χ1) is 10.7. The molecular formula is C16H21N3O3. The molecule has 2 aliphatic rings. The predicted octanol–water partition coefficient (Wildman–Crippen LogP) is 1.22. The Morgan fingerprint density at radius 3 is 3.05 bits per heavy atom. The Kier molecular flexibility index (Phi) is 4.11. The van der Waals surface area contributed by atoms with E-state index in [0.29, 0.717) is 19.5 Å². The number of carbonyl (C=O) groups is 2. The smallest absolute Gasteiger partial charge is 0.249 e. The third-order valence-corrected chi connectivity index (χ3v) is 4.61. The molecule has 1 aromatic heterocycles. The van der Waals surface area contributed by atoms with Gasteiger partial charge in [-0.25, -0.2) is 0 Å². The van der Waals surface area contributed by atoms with Crippen LogP contribution in [0.25, 0.3) is 0 Å². The summed E-state index contributed by atoms with van der Waals surface area (Å²) in [5, 5.41) is 0. The van der Waals surface area contributed by atoms with Gasteiger partial charge in [0.05, 0.1) is 23.8 Å². The molecule has 2 amide bonds. The summed E-state index contributed by atoms with van der Waals surface area (Å²) >= 11 is 0. The molecule has 1 atom stereocenters. The molecule has 0 saturated carbocycles. The number of hydrogen-bond acceptors (Lipinski definition) is 4. The van der Waals surface area contributed by atoms with Crippen LogP contribution in [-0.2, 0) is 14.3 Å². The lowest BCUT2D eigenvalue weighted by atomic mass is 9.85. The lowest BCUT2D eigenvalue weighted by Crippen LogP contribution is -2.57. The SMILES string of the molecule is COCC(=O)N1CCCCC12CC(=O)N(c1cccnc1)C2. The summed E-state index contributed by atoms with van der Waals surface area (Å²) in [6, 6.07) is 3.70. The third kappa shape index (κ3) is 2.59. The highest BCUT2D eigenvalue weighted by molar-refractivity contribution is 5.97. The molecule has 6 nitrogen and oxygen atoms in total. The van der Waals surface area contributed by atoms with E-state index in [1.54, 1.807) is 17.3 Å². The minimum atomic E-state index is -0.388. The zero-order valence-corrected chi connectivity index (χ0v) is 12.8. The van der Waals surface area contributed by atoms with Crippen molar-refractivity contribution in [2.45, 2.75) is 31.2 Å². The quantitative estimate of drug-likeness (QED) is 0.842. The summed E-state index contributed by atoms with van der Waals surface area (Å²) in [6.07, 6.45) is 6.67. The van der Waals surface area contributed by atoms with E-state index in [-0.39, 0.29) is 24.0 Å². The van der Waals surface area contributed by atoms with Crippen molar-refractivity contribution >= 4 is 17.5 Å². The lowest BCUT2D eigenvalue weighted by molar-refractivity contribution is -0.143. The van der Waals surface area contributed by atoms with Crippen molar-refractivity contribution in [3.05, 3.63) is 24.5 Å². The number of carbonyl (C=O) groups excluding carboxylic acids is 2. The van der Waals surface area contributed by atoms with Crippen molar-refractivity contribution in [3.63, 3.8) is 0 Å². The Morgan fingerprint density at radius 2 is 2.32 bits per heavy atom. The van der Waals surface area contributed by atoms with Crippen LogP contribution in [0.2, 0.25) is 0 Å². The van der Waals surface area contributed by atoms with Gasteiger partial charge in [0.15, 0.2) is 0 Å². The van der Waals surface area contributed by atoms with Crippen LogP contribution in [0.5, 0.6) is 0 Å². The normalized spacial score (nSPS) is 25.0. The molecule has 3 rings (SSSR count). The minimum absolute atomic E-state index is 0.0250. The molecular weight excluding hydrogens is 282 g/mol. The van der Waals surface area contributed by atoms with Crippen LogP contribution in [0.15, 0.2) is 24.5 Å². The molecule has 0 N–H and O–H groups in total. The van der Waals surface area contributed by atoms with Gasteiger partial charge in [0, 0.05) is 26.4 Å². The van der Waals surface area contributed by atoms with Crippen molar-refractivity contribution in [1.82, 2.24) is 9.88 Å². The largest absolute Gasteiger partial charge is 0.375 e. The number of anilines is 1. The highest BCUT2D eigenvalue weighted by Crippen LogP contribution is 2.38. The maximum Gasteiger partial charge on any atom is 0.249 e. The highest BCUT2D eigenvalue weighted by Gasteiger charge is 2.50. The molecule has 6 heteroatoms. The van der Waals surface area contributed by atoms with E-state index in [2.05, 4.69) is 4.98 Å². The zero-order valence-electron chi connectivity index (χ0n) is 12.8. The Bertz CT molecular complexity index is 563. The van der Waals surface area contributed by atoms with Crippen LogP contribution < -0.4 is 4.90 Å². The highest BCUT2D eigenvalue weighted by atomic mass is 16.5. The van der Waals surface area contributed by atoms with E-state index in [1.165, 1.54) is 7.11 Å². The molecule has 0 aliphatic carbocycles. The number of likely N-dealkylation sites (tertiary alicyclic amines) is 1. The first-order valence-corrected chi connectivity index (χ1v) is 7.66. The lowest BCUT2D eigenvalue weighted by Gasteiger charge is -2.44. The molecule has 118 valence electrons. The second-order valence-corrected chi connectivity index (χ2v) is 6.03. The summed E-state index contributed by atoms with van der Waals surface area (Å²) in [5.74, 6) is 0.0353. The molecule has 1 unspecified atom stereocenters. The topological polar surface area (TPSA) is 62.7 Å². The van der Waals surface area contributed by atoms with Crippen molar-refractivity contribution in [2.24, 2.45) is 0 Å². The van der Waals surface area contributed by atoms with Gasteiger partial charge in [-0.2, -0.15) is 0 Å². The molecule has 2 fully saturated rings. The molecule has 0 aromatic carbocycles. The number of ether oxygens (including phenoxy) is 1. The Labute approximate surface area is 130 Å². The van der Waals surface area contributed by atoms with Crippen molar-refractivity contribution in [2.75, 3.05) is 31.7 Å². The first kappa shape index (κ1) is 15.0. The number of aromatic nitrogens is 1. The average Bonchev–Trinajstić information content (AvgIpc) is 2.85. The van der Waals surface area contributed by atoms with Crippen LogP contribution in [-0.4, -0.2) is 54.0 Å². The van der Waals surface area contributed by atoms with Gasteiger partial charge in [0.2, 0.25) is 11.8 Å². The minimum Gasteiger partial charge on any atom is -0.375 e. The summed E-state index contributed by atoms with van der Waals surface area (Å²) in [4.78, 5) is 32.6. The van der Waals surface area contributed by atoms with E-state index >= 15 is 0 Å². The number of amides is 2.